The number of alkyl halides is 3. The fourth-order valence-corrected chi connectivity index (χ4v) is 3.44. The van der Waals surface area contributed by atoms with E-state index in [4.69, 9.17) is 0 Å². The lowest BCUT2D eigenvalue weighted by Crippen LogP contribution is -2.40. The highest BCUT2D eigenvalue weighted by Gasteiger charge is 2.31. The van der Waals surface area contributed by atoms with Crippen molar-refractivity contribution in [3.63, 3.8) is 0 Å². The number of H-pyrrole nitrogens is 1. The molecule has 150 valence electrons. The number of aromatic nitrogens is 5. The third-order valence-corrected chi connectivity index (χ3v) is 4.68. The van der Waals surface area contributed by atoms with E-state index in [0.717, 1.165) is 35.7 Å². The average molecular weight is 400 g/mol. The molecule has 0 spiro atoms. The maximum Gasteiger partial charge on any atom is 0.416 e. The molecule has 0 saturated heterocycles. The van der Waals surface area contributed by atoms with Crippen molar-refractivity contribution in [2.45, 2.75) is 33.1 Å². The molecular formula is C21H21F3N5+. The van der Waals surface area contributed by atoms with Gasteiger partial charge in [-0.15, -0.1) is 4.98 Å². The molecule has 0 amide bonds. The summed E-state index contributed by atoms with van der Waals surface area (Å²) in [5.41, 5.74) is 1.52. The minimum absolute atomic E-state index is 0.408. The van der Waals surface area contributed by atoms with Crippen LogP contribution in [-0.2, 0) is 19.3 Å². The highest BCUT2D eigenvalue weighted by Crippen LogP contribution is 2.31. The van der Waals surface area contributed by atoms with Gasteiger partial charge in [-0.2, -0.15) is 13.2 Å². The normalized spacial score (nSPS) is 12.2. The lowest BCUT2D eigenvalue weighted by molar-refractivity contribution is -0.686. The maximum atomic E-state index is 13.1. The second-order valence-corrected chi connectivity index (χ2v) is 7.41. The fourth-order valence-electron chi connectivity index (χ4n) is 3.44. The molecule has 29 heavy (non-hydrogen) atoms. The van der Waals surface area contributed by atoms with E-state index in [1.54, 1.807) is 24.7 Å². The van der Waals surface area contributed by atoms with Crippen molar-refractivity contribution < 1.29 is 17.7 Å². The Morgan fingerprint density at radius 2 is 1.93 bits per heavy atom. The molecule has 1 N–H and O–H groups in total. The zero-order valence-electron chi connectivity index (χ0n) is 16.1. The monoisotopic (exact) mass is 400 g/mol. The number of rotatable bonds is 5. The Kier molecular flexibility index (Phi) is 4.86. The molecule has 4 aromatic rings. The molecule has 0 fully saturated rings. The van der Waals surface area contributed by atoms with Crippen LogP contribution in [0.3, 0.4) is 0 Å². The van der Waals surface area contributed by atoms with Gasteiger partial charge in [0.25, 0.3) is 0 Å². The van der Waals surface area contributed by atoms with Crippen LogP contribution in [0.1, 0.15) is 25.2 Å². The number of imidazole rings is 2. The SMILES string of the molecule is CC(C)C[n+]1c(Cn2ccnc2-c2cccc(C(F)(F)F)c2)[nH]c2cccnc21. The van der Waals surface area contributed by atoms with Gasteiger partial charge in [0.15, 0.2) is 5.52 Å². The molecule has 0 atom stereocenters. The quantitative estimate of drug-likeness (QED) is 0.504. The standard InChI is InChI=1S/C21H20F3N5/c1-14(2)12-29-18(27-17-7-4-8-25-20(17)29)13-28-10-9-26-19(28)15-5-3-6-16(11-15)21(22,23)24/h3-11,14H,12-13H2,1-2H3/p+1. The van der Waals surface area contributed by atoms with Gasteiger partial charge in [-0.1, -0.05) is 26.0 Å². The molecule has 3 heterocycles. The van der Waals surface area contributed by atoms with Gasteiger partial charge in [0.2, 0.25) is 5.82 Å². The average Bonchev–Trinajstić information content (AvgIpc) is 3.26. The highest BCUT2D eigenvalue weighted by atomic mass is 19.4. The molecule has 4 rings (SSSR count). The maximum absolute atomic E-state index is 13.1. The van der Waals surface area contributed by atoms with E-state index in [0.29, 0.717) is 23.9 Å². The number of pyridine rings is 1. The minimum Gasteiger partial charge on any atom is -0.320 e. The summed E-state index contributed by atoms with van der Waals surface area (Å²) in [6, 6.07) is 9.08. The van der Waals surface area contributed by atoms with E-state index in [1.165, 1.54) is 6.07 Å². The first-order chi connectivity index (χ1) is 13.8. The Bertz CT molecular complexity index is 1140. The van der Waals surface area contributed by atoms with Crippen molar-refractivity contribution in [2.75, 3.05) is 0 Å². The first kappa shape index (κ1) is 19.2. The molecule has 8 heteroatoms. The van der Waals surface area contributed by atoms with Gasteiger partial charge in [-0.3, -0.25) is 4.98 Å². The minimum atomic E-state index is -4.39. The first-order valence-corrected chi connectivity index (χ1v) is 9.37. The lowest BCUT2D eigenvalue weighted by Gasteiger charge is -2.11. The Balaban J connectivity index is 1.74. The highest BCUT2D eigenvalue weighted by molar-refractivity contribution is 5.66. The summed E-state index contributed by atoms with van der Waals surface area (Å²) in [6.45, 7) is 5.47. The third-order valence-electron chi connectivity index (χ3n) is 4.68. The number of nitrogens with one attached hydrogen (secondary N) is 1. The molecule has 3 aromatic heterocycles. The Hall–Kier alpha value is -3.16. The summed E-state index contributed by atoms with van der Waals surface area (Å²) in [4.78, 5) is 12.2. The van der Waals surface area contributed by atoms with Crippen LogP contribution in [0.25, 0.3) is 22.6 Å². The molecule has 0 unspecified atom stereocenters. The molecule has 0 saturated carbocycles. The van der Waals surface area contributed by atoms with E-state index in [-0.39, 0.29) is 0 Å². The Labute approximate surface area is 165 Å². The number of hydrogen-bond acceptors (Lipinski definition) is 2. The molecule has 0 bridgehead atoms. The summed E-state index contributed by atoms with van der Waals surface area (Å²) >= 11 is 0. The van der Waals surface area contributed by atoms with Crippen molar-refractivity contribution >= 4 is 11.2 Å². The van der Waals surface area contributed by atoms with Crippen molar-refractivity contribution in [2.24, 2.45) is 5.92 Å². The van der Waals surface area contributed by atoms with E-state index < -0.39 is 11.7 Å². The topological polar surface area (TPSA) is 50.4 Å². The van der Waals surface area contributed by atoms with Crippen molar-refractivity contribution in [3.05, 3.63) is 66.4 Å². The molecule has 0 aliphatic carbocycles. The summed E-state index contributed by atoms with van der Waals surface area (Å²) in [5.74, 6) is 1.81. The molecule has 5 nitrogen and oxygen atoms in total. The van der Waals surface area contributed by atoms with Crippen LogP contribution in [0.15, 0.2) is 55.0 Å². The van der Waals surface area contributed by atoms with E-state index >= 15 is 0 Å². The Morgan fingerprint density at radius 3 is 2.69 bits per heavy atom. The van der Waals surface area contributed by atoms with Gasteiger partial charge in [0.1, 0.15) is 18.6 Å². The Morgan fingerprint density at radius 1 is 1.10 bits per heavy atom. The predicted octanol–water partition coefficient (Wildman–Crippen LogP) is 4.44. The van der Waals surface area contributed by atoms with Gasteiger partial charge < -0.3 is 4.57 Å². The molecule has 0 aliphatic rings. The van der Waals surface area contributed by atoms with Crippen molar-refractivity contribution in [1.29, 1.82) is 0 Å². The van der Waals surface area contributed by atoms with Gasteiger partial charge in [0.05, 0.1) is 12.1 Å². The molecule has 0 aliphatic heterocycles. The van der Waals surface area contributed by atoms with E-state index in [1.807, 2.05) is 16.7 Å². The van der Waals surface area contributed by atoms with Crippen LogP contribution < -0.4 is 4.57 Å². The van der Waals surface area contributed by atoms with Gasteiger partial charge in [-0.05, 0) is 30.2 Å². The van der Waals surface area contributed by atoms with E-state index in [2.05, 4.69) is 33.4 Å². The third kappa shape index (κ3) is 3.87. The van der Waals surface area contributed by atoms with Crippen LogP contribution in [0.4, 0.5) is 13.2 Å². The molecule has 1 aromatic carbocycles. The van der Waals surface area contributed by atoms with Gasteiger partial charge >= 0.3 is 11.8 Å². The van der Waals surface area contributed by atoms with Crippen molar-refractivity contribution in [3.8, 4) is 11.4 Å². The van der Waals surface area contributed by atoms with Crippen LogP contribution in [-0.4, -0.2) is 19.5 Å². The van der Waals surface area contributed by atoms with E-state index in [9.17, 15) is 13.2 Å². The number of fused-ring (bicyclic) bond motifs is 1. The number of halogens is 3. The smallest absolute Gasteiger partial charge is 0.320 e. The second kappa shape index (κ2) is 7.35. The summed E-state index contributed by atoms with van der Waals surface area (Å²) in [7, 11) is 0. The zero-order chi connectivity index (χ0) is 20.6. The largest absolute Gasteiger partial charge is 0.416 e. The zero-order valence-corrected chi connectivity index (χ0v) is 16.1. The first-order valence-electron chi connectivity index (χ1n) is 9.37. The van der Waals surface area contributed by atoms with Crippen molar-refractivity contribution in [1.82, 2.24) is 19.5 Å². The van der Waals surface area contributed by atoms with Crippen LogP contribution in [0, 0.1) is 5.92 Å². The van der Waals surface area contributed by atoms with Crippen LogP contribution >= 0.6 is 0 Å². The second-order valence-electron chi connectivity index (χ2n) is 7.41. The van der Waals surface area contributed by atoms with Crippen LogP contribution in [0.5, 0.6) is 0 Å². The van der Waals surface area contributed by atoms with Gasteiger partial charge in [0, 0.05) is 18.0 Å². The number of benzene rings is 1. The lowest BCUT2D eigenvalue weighted by atomic mass is 10.1. The summed E-state index contributed by atoms with van der Waals surface area (Å²) < 4.78 is 43.3. The molecule has 0 radical (unpaired) electrons. The number of hydrogen-bond donors (Lipinski definition) is 1. The number of nitrogens with zero attached hydrogens (tertiary/aromatic N) is 4. The summed E-state index contributed by atoms with van der Waals surface area (Å²) in [5, 5.41) is 0. The number of aromatic amines is 1. The predicted molar refractivity (Wildman–Crippen MR) is 103 cm³/mol. The van der Waals surface area contributed by atoms with Gasteiger partial charge in [-0.25, -0.2) is 9.55 Å². The fraction of sp³-hybridized carbons (Fsp3) is 0.286. The molecular weight excluding hydrogens is 379 g/mol. The van der Waals surface area contributed by atoms with Crippen LogP contribution in [0.2, 0.25) is 0 Å². The summed E-state index contributed by atoms with van der Waals surface area (Å²) in [6.07, 6.45) is 0.732.